The van der Waals surface area contributed by atoms with E-state index in [1.54, 1.807) is 18.3 Å². The van der Waals surface area contributed by atoms with Crippen molar-refractivity contribution in [3.63, 3.8) is 0 Å². The SMILES string of the molecule is CCCN(CC(=O)Nc1cccnc1Cl)CC1CCCN1. The molecule has 1 amide bonds. The van der Waals surface area contributed by atoms with Gasteiger partial charge in [0.15, 0.2) is 5.15 Å². The van der Waals surface area contributed by atoms with Gasteiger partial charge in [0, 0.05) is 18.8 Å². The standard InChI is InChI=1S/C15H23ClN4O/c1-2-9-20(10-12-5-3-7-17-12)11-14(21)19-13-6-4-8-18-15(13)16/h4,6,8,12,17H,2-3,5,7,9-11H2,1H3,(H,19,21). The molecule has 0 aromatic carbocycles. The van der Waals surface area contributed by atoms with Gasteiger partial charge >= 0.3 is 0 Å². The molecule has 116 valence electrons. The van der Waals surface area contributed by atoms with Crippen molar-refractivity contribution in [2.24, 2.45) is 0 Å². The Kier molecular flexibility index (Phi) is 6.42. The molecule has 6 heteroatoms. The Morgan fingerprint density at radius 2 is 2.48 bits per heavy atom. The van der Waals surface area contributed by atoms with Crippen LogP contribution in [0.15, 0.2) is 18.3 Å². The van der Waals surface area contributed by atoms with E-state index in [1.165, 1.54) is 12.8 Å². The van der Waals surface area contributed by atoms with Crippen LogP contribution < -0.4 is 10.6 Å². The number of amides is 1. The van der Waals surface area contributed by atoms with Crippen LogP contribution in [0.4, 0.5) is 5.69 Å². The molecule has 2 rings (SSSR count). The third kappa shape index (κ3) is 5.26. The molecule has 0 saturated carbocycles. The Morgan fingerprint density at radius 1 is 1.62 bits per heavy atom. The quantitative estimate of drug-likeness (QED) is 0.758. The van der Waals surface area contributed by atoms with Crippen LogP contribution in [0.2, 0.25) is 5.15 Å². The summed E-state index contributed by atoms with van der Waals surface area (Å²) in [5.41, 5.74) is 0.569. The van der Waals surface area contributed by atoms with Gasteiger partial charge in [-0.05, 0) is 44.5 Å². The summed E-state index contributed by atoms with van der Waals surface area (Å²) in [5.74, 6) is -0.0450. The lowest BCUT2D eigenvalue weighted by Gasteiger charge is -2.24. The Bertz CT molecular complexity index is 463. The monoisotopic (exact) mass is 310 g/mol. The van der Waals surface area contributed by atoms with Gasteiger partial charge in [-0.1, -0.05) is 18.5 Å². The fourth-order valence-electron chi connectivity index (χ4n) is 2.65. The van der Waals surface area contributed by atoms with Crippen molar-refractivity contribution in [3.8, 4) is 0 Å². The fourth-order valence-corrected chi connectivity index (χ4v) is 2.81. The summed E-state index contributed by atoms with van der Waals surface area (Å²) >= 11 is 5.95. The maximum absolute atomic E-state index is 12.2. The molecule has 1 saturated heterocycles. The van der Waals surface area contributed by atoms with Crippen molar-refractivity contribution in [3.05, 3.63) is 23.5 Å². The minimum Gasteiger partial charge on any atom is -0.322 e. The predicted octanol–water partition coefficient (Wildman–Crippen LogP) is 2.14. The number of anilines is 1. The first-order valence-electron chi connectivity index (χ1n) is 7.55. The normalized spacial score (nSPS) is 18.1. The molecule has 1 aliphatic rings. The molecule has 2 heterocycles. The van der Waals surface area contributed by atoms with Crippen LogP contribution in [0, 0.1) is 0 Å². The highest BCUT2D eigenvalue weighted by molar-refractivity contribution is 6.32. The fraction of sp³-hybridized carbons (Fsp3) is 0.600. The lowest BCUT2D eigenvalue weighted by molar-refractivity contribution is -0.117. The maximum atomic E-state index is 12.2. The summed E-state index contributed by atoms with van der Waals surface area (Å²) in [4.78, 5) is 18.3. The Balaban J connectivity index is 1.86. The van der Waals surface area contributed by atoms with Crippen molar-refractivity contribution < 1.29 is 4.79 Å². The molecule has 1 fully saturated rings. The number of hydrogen-bond acceptors (Lipinski definition) is 4. The summed E-state index contributed by atoms with van der Waals surface area (Å²) in [6, 6.07) is 4.02. The second-order valence-corrected chi connectivity index (χ2v) is 5.78. The highest BCUT2D eigenvalue weighted by Crippen LogP contribution is 2.17. The number of carbonyl (C=O) groups excluding carboxylic acids is 1. The van der Waals surface area contributed by atoms with Crippen LogP contribution in [-0.4, -0.2) is 48.0 Å². The van der Waals surface area contributed by atoms with E-state index in [9.17, 15) is 4.79 Å². The van der Waals surface area contributed by atoms with Crippen LogP contribution in [0.25, 0.3) is 0 Å². The first-order valence-corrected chi connectivity index (χ1v) is 7.93. The summed E-state index contributed by atoms with van der Waals surface area (Å²) in [7, 11) is 0. The minimum atomic E-state index is -0.0450. The van der Waals surface area contributed by atoms with Gasteiger partial charge in [0.25, 0.3) is 0 Å². The molecule has 1 atom stereocenters. The lowest BCUT2D eigenvalue weighted by Crippen LogP contribution is -2.41. The van der Waals surface area contributed by atoms with Crippen molar-refractivity contribution in [1.82, 2.24) is 15.2 Å². The van der Waals surface area contributed by atoms with Crippen molar-refractivity contribution in [2.75, 3.05) is 31.5 Å². The van der Waals surface area contributed by atoms with Gasteiger partial charge in [-0.3, -0.25) is 9.69 Å². The van der Waals surface area contributed by atoms with Gasteiger partial charge in [-0.15, -0.1) is 0 Å². The van der Waals surface area contributed by atoms with E-state index in [0.717, 1.165) is 26.1 Å². The molecule has 21 heavy (non-hydrogen) atoms. The van der Waals surface area contributed by atoms with Crippen LogP contribution in [0.5, 0.6) is 0 Å². The van der Waals surface area contributed by atoms with E-state index in [4.69, 9.17) is 11.6 Å². The molecule has 0 aliphatic carbocycles. The van der Waals surface area contributed by atoms with Gasteiger partial charge in [0.2, 0.25) is 5.91 Å². The molecule has 1 unspecified atom stereocenters. The van der Waals surface area contributed by atoms with Crippen molar-refractivity contribution in [2.45, 2.75) is 32.2 Å². The predicted molar refractivity (Wildman–Crippen MR) is 85.6 cm³/mol. The third-order valence-electron chi connectivity index (χ3n) is 3.58. The van der Waals surface area contributed by atoms with Gasteiger partial charge in [-0.25, -0.2) is 4.98 Å². The van der Waals surface area contributed by atoms with E-state index in [0.29, 0.717) is 23.4 Å². The molecule has 1 aliphatic heterocycles. The van der Waals surface area contributed by atoms with Crippen molar-refractivity contribution >= 4 is 23.2 Å². The molecule has 1 aromatic heterocycles. The average molecular weight is 311 g/mol. The van der Waals surface area contributed by atoms with Gasteiger partial charge < -0.3 is 10.6 Å². The molecule has 2 N–H and O–H groups in total. The average Bonchev–Trinajstić information content (AvgIpc) is 2.94. The second-order valence-electron chi connectivity index (χ2n) is 5.42. The number of hydrogen-bond donors (Lipinski definition) is 2. The van der Waals surface area contributed by atoms with Crippen LogP contribution >= 0.6 is 11.6 Å². The second kappa shape index (κ2) is 8.32. The lowest BCUT2D eigenvalue weighted by atomic mass is 10.2. The number of nitrogens with one attached hydrogen (secondary N) is 2. The Hall–Kier alpha value is -1.17. The molecule has 0 bridgehead atoms. The number of carbonyl (C=O) groups is 1. The highest BCUT2D eigenvalue weighted by atomic mass is 35.5. The topological polar surface area (TPSA) is 57.3 Å². The van der Waals surface area contributed by atoms with Crippen LogP contribution in [-0.2, 0) is 4.79 Å². The molecule has 0 spiro atoms. The van der Waals surface area contributed by atoms with Gasteiger partial charge in [0.05, 0.1) is 12.2 Å². The number of halogens is 1. The Morgan fingerprint density at radius 3 is 3.14 bits per heavy atom. The number of pyridine rings is 1. The molecule has 1 aromatic rings. The van der Waals surface area contributed by atoms with E-state index in [1.807, 2.05) is 0 Å². The summed E-state index contributed by atoms with van der Waals surface area (Å²) in [6.45, 7) is 5.44. The zero-order valence-electron chi connectivity index (χ0n) is 12.4. The molecular weight excluding hydrogens is 288 g/mol. The summed E-state index contributed by atoms with van der Waals surface area (Å²) < 4.78 is 0. The first-order chi connectivity index (χ1) is 10.2. The summed E-state index contributed by atoms with van der Waals surface area (Å²) in [5, 5.41) is 6.63. The summed E-state index contributed by atoms with van der Waals surface area (Å²) in [6.07, 6.45) is 5.05. The van der Waals surface area contributed by atoms with Gasteiger partial charge in [-0.2, -0.15) is 0 Å². The van der Waals surface area contributed by atoms with Gasteiger partial charge in [0.1, 0.15) is 0 Å². The first kappa shape index (κ1) is 16.2. The zero-order chi connectivity index (χ0) is 15.1. The Labute approximate surface area is 131 Å². The third-order valence-corrected chi connectivity index (χ3v) is 3.88. The molecule has 0 radical (unpaired) electrons. The number of nitrogens with zero attached hydrogens (tertiary/aromatic N) is 2. The molecule has 5 nitrogen and oxygen atoms in total. The minimum absolute atomic E-state index is 0.0450. The maximum Gasteiger partial charge on any atom is 0.238 e. The largest absolute Gasteiger partial charge is 0.322 e. The smallest absolute Gasteiger partial charge is 0.238 e. The number of rotatable bonds is 7. The van der Waals surface area contributed by atoms with Crippen LogP contribution in [0.3, 0.4) is 0 Å². The van der Waals surface area contributed by atoms with E-state index in [2.05, 4.69) is 27.4 Å². The zero-order valence-corrected chi connectivity index (χ0v) is 13.2. The highest BCUT2D eigenvalue weighted by Gasteiger charge is 2.19. The van der Waals surface area contributed by atoms with E-state index in [-0.39, 0.29) is 5.91 Å². The van der Waals surface area contributed by atoms with Crippen molar-refractivity contribution in [1.29, 1.82) is 0 Å². The van der Waals surface area contributed by atoms with Crippen LogP contribution in [0.1, 0.15) is 26.2 Å². The van der Waals surface area contributed by atoms with E-state index < -0.39 is 0 Å². The molecular formula is C15H23ClN4O. The van der Waals surface area contributed by atoms with E-state index >= 15 is 0 Å². The number of aromatic nitrogens is 1.